The minimum atomic E-state index is -1.20. The first-order valence-electron chi connectivity index (χ1n) is 7.92. The maximum absolute atomic E-state index is 12.0. The fourth-order valence-corrected chi connectivity index (χ4v) is 2.81. The van der Waals surface area contributed by atoms with Crippen LogP contribution in [-0.4, -0.2) is 53.2 Å². The van der Waals surface area contributed by atoms with Gasteiger partial charge in [0.2, 0.25) is 0 Å². The van der Waals surface area contributed by atoms with E-state index in [2.05, 4.69) is 15.5 Å². The zero-order valence-corrected chi connectivity index (χ0v) is 13.4. The predicted molar refractivity (Wildman–Crippen MR) is 82.4 cm³/mol. The first-order valence-corrected chi connectivity index (χ1v) is 7.92. The zero-order valence-electron chi connectivity index (χ0n) is 13.4. The van der Waals surface area contributed by atoms with Crippen molar-refractivity contribution >= 4 is 12.0 Å². The molecule has 6 heteroatoms. The Bertz CT molecular complexity index is 356. The summed E-state index contributed by atoms with van der Waals surface area (Å²) in [5.74, 6) is -0.997. The lowest BCUT2D eigenvalue weighted by atomic mass is 9.96. The number of amides is 2. The molecular weight excluding hydrogens is 270 g/mol. The number of aliphatic carboxylic acids is 1. The summed E-state index contributed by atoms with van der Waals surface area (Å²) >= 11 is 0. The molecule has 0 aromatic rings. The van der Waals surface area contributed by atoms with Crippen LogP contribution in [0.3, 0.4) is 0 Å². The molecule has 1 saturated heterocycles. The van der Waals surface area contributed by atoms with E-state index in [4.69, 9.17) is 0 Å². The number of carboxylic acids is 1. The third-order valence-corrected chi connectivity index (χ3v) is 3.97. The lowest BCUT2D eigenvalue weighted by Crippen LogP contribution is -2.57. The molecule has 1 aliphatic heterocycles. The van der Waals surface area contributed by atoms with Gasteiger partial charge in [-0.2, -0.15) is 0 Å². The maximum atomic E-state index is 12.0. The minimum Gasteiger partial charge on any atom is -0.480 e. The number of hydrogen-bond donors (Lipinski definition) is 3. The fraction of sp³-hybridized carbons (Fsp3) is 0.867. The van der Waals surface area contributed by atoms with E-state index >= 15 is 0 Å². The van der Waals surface area contributed by atoms with Gasteiger partial charge in [0.25, 0.3) is 0 Å². The quantitative estimate of drug-likeness (QED) is 0.669. The largest absolute Gasteiger partial charge is 0.480 e. The number of urea groups is 1. The number of carbonyl (C=O) groups excluding carboxylic acids is 1. The third-order valence-electron chi connectivity index (χ3n) is 3.97. The second-order valence-electron chi connectivity index (χ2n) is 6.25. The van der Waals surface area contributed by atoms with Crippen LogP contribution in [-0.2, 0) is 4.79 Å². The molecule has 122 valence electrons. The Kier molecular flexibility index (Phi) is 6.95. The standard InChI is InChI=1S/C15H29N3O3/c1-4-8-15(3,13(19)20)17-14(21)16-12(2)11-18-9-6-5-7-10-18/h12H,4-11H2,1-3H3,(H,19,20)(H2,16,17,21). The van der Waals surface area contributed by atoms with Crippen LogP contribution < -0.4 is 10.6 Å². The summed E-state index contributed by atoms with van der Waals surface area (Å²) in [6, 6.07) is -0.402. The van der Waals surface area contributed by atoms with Crippen molar-refractivity contribution in [2.45, 2.75) is 64.5 Å². The van der Waals surface area contributed by atoms with Crippen LogP contribution in [0.5, 0.6) is 0 Å². The number of nitrogens with one attached hydrogen (secondary N) is 2. The van der Waals surface area contributed by atoms with Crippen molar-refractivity contribution in [3.8, 4) is 0 Å². The molecule has 1 heterocycles. The normalized spacial score (nSPS) is 20.3. The molecule has 0 aliphatic carbocycles. The zero-order chi connectivity index (χ0) is 15.9. The Balaban J connectivity index is 2.42. The maximum Gasteiger partial charge on any atom is 0.329 e. The lowest BCUT2D eigenvalue weighted by Gasteiger charge is -2.30. The van der Waals surface area contributed by atoms with Crippen molar-refractivity contribution in [2.24, 2.45) is 0 Å². The highest BCUT2D eigenvalue weighted by Gasteiger charge is 2.34. The summed E-state index contributed by atoms with van der Waals surface area (Å²) < 4.78 is 0. The molecule has 0 saturated carbocycles. The number of likely N-dealkylation sites (tertiary alicyclic amines) is 1. The topological polar surface area (TPSA) is 81.7 Å². The van der Waals surface area contributed by atoms with Gasteiger partial charge in [-0.05, 0) is 46.2 Å². The van der Waals surface area contributed by atoms with E-state index in [1.807, 2.05) is 13.8 Å². The molecule has 21 heavy (non-hydrogen) atoms. The highest BCUT2D eigenvalue weighted by atomic mass is 16.4. The number of carbonyl (C=O) groups is 2. The molecule has 2 atom stereocenters. The molecule has 0 radical (unpaired) electrons. The van der Waals surface area contributed by atoms with E-state index in [-0.39, 0.29) is 6.04 Å². The van der Waals surface area contributed by atoms with Crippen LogP contribution in [0.4, 0.5) is 4.79 Å². The number of carboxylic acid groups (broad SMARTS) is 1. The first-order chi connectivity index (χ1) is 9.87. The second kappa shape index (κ2) is 8.22. The molecule has 3 N–H and O–H groups in total. The molecule has 0 aromatic heterocycles. The van der Waals surface area contributed by atoms with Gasteiger partial charge in [-0.15, -0.1) is 0 Å². The molecule has 2 amide bonds. The predicted octanol–water partition coefficient (Wildman–Crippen LogP) is 1.80. The van der Waals surface area contributed by atoms with Gasteiger partial charge < -0.3 is 20.6 Å². The van der Waals surface area contributed by atoms with Gasteiger partial charge >= 0.3 is 12.0 Å². The SMILES string of the molecule is CCCC(C)(NC(=O)NC(C)CN1CCCCC1)C(=O)O. The summed E-state index contributed by atoms with van der Waals surface area (Å²) in [5, 5.41) is 14.7. The van der Waals surface area contributed by atoms with E-state index in [0.29, 0.717) is 12.8 Å². The van der Waals surface area contributed by atoms with E-state index in [0.717, 1.165) is 19.6 Å². The lowest BCUT2D eigenvalue weighted by molar-refractivity contribution is -0.144. The molecule has 0 aromatic carbocycles. The van der Waals surface area contributed by atoms with E-state index in [1.54, 1.807) is 6.92 Å². The average Bonchev–Trinajstić information content (AvgIpc) is 2.39. The number of hydrogen-bond acceptors (Lipinski definition) is 3. The summed E-state index contributed by atoms with van der Waals surface area (Å²) in [5.41, 5.74) is -1.20. The smallest absolute Gasteiger partial charge is 0.329 e. The Hall–Kier alpha value is -1.30. The van der Waals surface area contributed by atoms with Crippen molar-refractivity contribution in [3.05, 3.63) is 0 Å². The molecule has 6 nitrogen and oxygen atoms in total. The average molecular weight is 299 g/mol. The van der Waals surface area contributed by atoms with Gasteiger partial charge in [-0.1, -0.05) is 19.8 Å². The van der Waals surface area contributed by atoms with Gasteiger partial charge in [0.05, 0.1) is 0 Å². The highest BCUT2D eigenvalue weighted by Crippen LogP contribution is 2.12. The number of piperidine rings is 1. The second-order valence-corrected chi connectivity index (χ2v) is 6.25. The van der Waals surface area contributed by atoms with E-state index in [1.165, 1.54) is 19.3 Å². The van der Waals surface area contributed by atoms with E-state index in [9.17, 15) is 14.7 Å². The van der Waals surface area contributed by atoms with Crippen molar-refractivity contribution in [1.82, 2.24) is 15.5 Å². The minimum absolute atomic E-state index is 0.00257. The van der Waals surface area contributed by atoms with E-state index < -0.39 is 17.5 Å². The third kappa shape index (κ3) is 5.91. The highest BCUT2D eigenvalue weighted by molar-refractivity contribution is 5.85. The van der Waals surface area contributed by atoms with Crippen molar-refractivity contribution in [1.29, 1.82) is 0 Å². The molecular formula is C15H29N3O3. The van der Waals surface area contributed by atoms with Gasteiger partial charge in [-0.3, -0.25) is 0 Å². The number of nitrogens with zero attached hydrogens (tertiary/aromatic N) is 1. The molecule has 1 aliphatic rings. The van der Waals surface area contributed by atoms with Gasteiger partial charge in [0, 0.05) is 12.6 Å². The van der Waals surface area contributed by atoms with Crippen LogP contribution in [0.2, 0.25) is 0 Å². The number of rotatable bonds is 7. The Labute approximate surface area is 127 Å². The van der Waals surface area contributed by atoms with Gasteiger partial charge in [0.15, 0.2) is 0 Å². The summed E-state index contributed by atoms with van der Waals surface area (Å²) in [6.45, 7) is 8.37. The summed E-state index contributed by atoms with van der Waals surface area (Å²) in [4.78, 5) is 25.6. The molecule has 1 rings (SSSR count). The van der Waals surface area contributed by atoms with Crippen LogP contribution in [0.1, 0.15) is 52.9 Å². The van der Waals surface area contributed by atoms with Gasteiger partial charge in [0.1, 0.15) is 5.54 Å². The van der Waals surface area contributed by atoms with Crippen LogP contribution in [0, 0.1) is 0 Å². The summed E-state index contributed by atoms with van der Waals surface area (Å²) in [6.07, 6.45) is 4.83. The molecule has 0 spiro atoms. The first kappa shape index (κ1) is 17.8. The Morgan fingerprint density at radius 2 is 1.90 bits per heavy atom. The molecule has 2 unspecified atom stereocenters. The van der Waals surface area contributed by atoms with Crippen LogP contribution in [0.15, 0.2) is 0 Å². The summed E-state index contributed by atoms with van der Waals surface area (Å²) in [7, 11) is 0. The van der Waals surface area contributed by atoms with Crippen LogP contribution >= 0.6 is 0 Å². The Morgan fingerprint density at radius 1 is 1.29 bits per heavy atom. The molecule has 0 bridgehead atoms. The molecule has 1 fully saturated rings. The van der Waals surface area contributed by atoms with Gasteiger partial charge in [-0.25, -0.2) is 9.59 Å². The monoisotopic (exact) mass is 299 g/mol. The van der Waals surface area contributed by atoms with Crippen molar-refractivity contribution < 1.29 is 14.7 Å². The van der Waals surface area contributed by atoms with Crippen LogP contribution in [0.25, 0.3) is 0 Å². The van der Waals surface area contributed by atoms with Crippen molar-refractivity contribution in [2.75, 3.05) is 19.6 Å². The van der Waals surface area contributed by atoms with Crippen molar-refractivity contribution in [3.63, 3.8) is 0 Å². The Morgan fingerprint density at radius 3 is 2.43 bits per heavy atom. The fourth-order valence-electron chi connectivity index (χ4n) is 2.81.